The average Bonchev–Trinajstić information content (AvgIpc) is 2.98. The van der Waals surface area contributed by atoms with Gasteiger partial charge in [0, 0.05) is 23.1 Å². The number of aromatic amines is 1. The summed E-state index contributed by atoms with van der Waals surface area (Å²) in [5.74, 6) is -0.0879. The molecule has 27 heavy (non-hydrogen) atoms. The van der Waals surface area contributed by atoms with E-state index in [9.17, 15) is 9.59 Å². The number of aromatic nitrogens is 1. The maximum Gasteiger partial charge on any atom is 0.245 e. The highest BCUT2D eigenvalue weighted by molar-refractivity contribution is 5.94. The number of nitrogens with one attached hydrogen (secondary N) is 3. The van der Waals surface area contributed by atoms with Crippen molar-refractivity contribution in [1.82, 2.24) is 15.6 Å². The Balaban J connectivity index is 1.74. The van der Waals surface area contributed by atoms with Gasteiger partial charge in [-0.2, -0.15) is 0 Å². The predicted octanol–water partition coefficient (Wildman–Crippen LogP) is 3.75. The number of carbonyl (C=O) groups excluding carboxylic acids is 2. The first-order valence-electron chi connectivity index (χ1n) is 10.2. The maximum atomic E-state index is 12.9. The first-order chi connectivity index (χ1) is 13.1. The van der Waals surface area contributed by atoms with E-state index < -0.39 is 5.54 Å². The Bertz CT molecular complexity index is 803. The molecule has 2 amide bonds. The lowest BCUT2D eigenvalue weighted by Crippen LogP contribution is -2.60. The van der Waals surface area contributed by atoms with E-state index in [2.05, 4.69) is 22.5 Å². The topological polar surface area (TPSA) is 74.0 Å². The summed E-state index contributed by atoms with van der Waals surface area (Å²) in [7, 11) is 0. The van der Waals surface area contributed by atoms with E-state index in [1.165, 1.54) is 0 Å². The van der Waals surface area contributed by atoms with Crippen molar-refractivity contribution in [2.24, 2.45) is 0 Å². The molecule has 0 saturated heterocycles. The van der Waals surface area contributed by atoms with E-state index in [0.717, 1.165) is 67.1 Å². The lowest BCUT2D eigenvalue weighted by atomic mass is 9.80. The summed E-state index contributed by atoms with van der Waals surface area (Å²) in [6.07, 6.45) is 6.83. The normalized spacial score (nSPS) is 16.2. The highest BCUT2D eigenvalue weighted by Gasteiger charge is 2.40. The zero-order valence-corrected chi connectivity index (χ0v) is 16.5. The van der Waals surface area contributed by atoms with Gasteiger partial charge in [-0.05, 0) is 37.8 Å². The van der Waals surface area contributed by atoms with Crippen LogP contribution in [0.1, 0.15) is 63.1 Å². The molecular weight excluding hydrogens is 338 g/mol. The zero-order valence-electron chi connectivity index (χ0n) is 16.5. The van der Waals surface area contributed by atoms with E-state index >= 15 is 0 Å². The molecule has 146 valence electrons. The number of H-pyrrole nitrogens is 1. The van der Waals surface area contributed by atoms with Crippen molar-refractivity contribution in [3.8, 4) is 0 Å². The van der Waals surface area contributed by atoms with Gasteiger partial charge >= 0.3 is 0 Å². The number of aryl methyl sites for hydroxylation is 1. The maximum absolute atomic E-state index is 12.9. The second-order valence-electron chi connectivity index (χ2n) is 7.75. The number of para-hydroxylation sites is 1. The molecule has 1 fully saturated rings. The highest BCUT2D eigenvalue weighted by atomic mass is 16.2. The lowest BCUT2D eigenvalue weighted by Gasteiger charge is -2.36. The van der Waals surface area contributed by atoms with Gasteiger partial charge in [0.2, 0.25) is 11.8 Å². The fourth-order valence-electron chi connectivity index (χ4n) is 4.15. The van der Waals surface area contributed by atoms with Gasteiger partial charge < -0.3 is 15.6 Å². The Morgan fingerprint density at radius 2 is 1.89 bits per heavy atom. The number of carbonyl (C=O) groups is 2. The summed E-state index contributed by atoms with van der Waals surface area (Å²) in [5, 5.41) is 7.24. The molecule has 1 aromatic carbocycles. The molecule has 0 aliphatic heterocycles. The van der Waals surface area contributed by atoms with Crippen molar-refractivity contribution in [3.05, 3.63) is 35.5 Å². The summed E-state index contributed by atoms with van der Waals surface area (Å²) in [4.78, 5) is 29.1. The molecular formula is C22H31N3O2. The van der Waals surface area contributed by atoms with Gasteiger partial charge in [-0.3, -0.25) is 9.59 Å². The summed E-state index contributed by atoms with van der Waals surface area (Å²) >= 11 is 0. The van der Waals surface area contributed by atoms with Crippen LogP contribution in [0.5, 0.6) is 0 Å². The first-order valence-corrected chi connectivity index (χ1v) is 10.2. The molecule has 0 spiro atoms. The van der Waals surface area contributed by atoms with E-state index in [1.807, 2.05) is 31.2 Å². The molecule has 0 unspecified atom stereocenters. The van der Waals surface area contributed by atoms with Crippen molar-refractivity contribution >= 4 is 22.7 Å². The van der Waals surface area contributed by atoms with Crippen LogP contribution in [-0.4, -0.2) is 28.9 Å². The zero-order chi connectivity index (χ0) is 19.3. The van der Waals surface area contributed by atoms with Crippen LogP contribution in [0.3, 0.4) is 0 Å². The van der Waals surface area contributed by atoms with Crippen LogP contribution in [0.25, 0.3) is 10.9 Å². The molecule has 5 nitrogen and oxygen atoms in total. The van der Waals surface area contributed by atoms with Crippen LogP contribution >= 0.6 is 0 Å². The summed E-state index contributed by atoms with van der Waals surface area (Å²) in [5.41, 5.74) is 2.32. The molecule has 3 N–H and O–H groups in total. The van der Waals surface area contributed by atoms with Gasteiger partial charge in [0.15, 0.2) is 0 Å². The van der Waals surface area contributed by atoms with Crippen molar-refractivity contribution in [1.29, 1.82) is 0 Å². The number of amides is 2. The van der Waals surface area contributed by atoms with E-state index in [0.29, 0.717) is 13.0 Å². The van der Waals surface area contributed by atoms with Crippen LogP contribution in [0.15, 0.2) is 24.3 Å². The monoisotopic (exact) mass is 369 g/mol. The number of benzene rings is 1. The number of hydrogen-bond donors (Lipinski definition) is 3. The van der Waals surface area contributed by atoms with Gasteiger partial charge in [0.25, 0.3) is 0 Å². The Labute approximate surface area is 161 Å². The number of rotatable bonds is 7. The van der Waals surface area contributed by atoms with Gasteiger partial charge in [-0.1, -0.05) is 50.8 Å². The molecule has 1 aliphatic carbocycles. The molecule has 1 heterocycles. The van der Waals surface area contributed by atoms with E-state index in [1.54, 1.807) is 0 Å². The third kappa shape index (κ3) is 4.34. The Hall–Kier alpha value is -2.30. The fraction of sp³-hybridized carbons (Fsp3) is 0.545. The summed E-state index contributed by atoms with van der Waals surface area (Å²) in [6.45, 7) is 4.78. The van der Waals surface area contributed by atoms with Crippen molar-refractivity contribution in [3.63, 3.8) is 0 Å². The molecule has 1 aromatic heterocycles. The number of hydrogen-bond acceptors (Lipinski definition) is 2. The molecule has 2 aromatic rings. The first kappa shape index (κ1) is 19.5. The molecule has 0 atom stereocenters. The summed E-state index contributed by atoms with van der Waals surface area (Å²) in [6, 6.07) is 8.03. The van der Waals surface area contributed by atoms with E-state index in [4.69, 9.17) is 0 Å². The third-order valence-electron chi connectivity index (χ3n) is 5.70. The molecule has 1 saturated carbocycles. The van der Waals surface area contributed by atoms with Crippen LogP contribution in [-0.2, 0) is 16.0 Å². The molecule has 3 rings (SSSR count). The minimum atomic E-state index is -0.747. The summed E-state index contributed by atoms with van der Waals surface area (Å²) < 4.78 is 0. The number of unbranched alkanes of at least 4 members (excludes halogenated alkanes) is 1. The minimum absolute atomic E-state index is 0.0142. The van der Waals surface area contributed by atoms with Gasteiger partial charge in [0.05, 0.1) is 6.42 Å². The fourth-order valence-corrected chi connectivity index (χ4v) is 4.15. The van der Waals surface area contributed by atoms with Crippen LogP contribution in [0.2, 0.25) is 0 Å². The molecule has 1 aliphatic rings. The Morgan fingerprint density at radius 3 is 2.63 bits per heavy atom. The van der Waals surface area contributed by atoms with Crippen molar-refractivity contribution in [2.75, 3.05) is 6.54 Å². The highest BCUT2D eigenvalue weighted by Crippen LogP contribution is 2.29. The second-order valence-corrected chi connectivity index (χ2v) is 7.75. The molecule has 0 bridgehead atoms. The van der Waals surface area contributed by atoms with Crippen LogP contribution < -0.4 is 10.6 Å². The number of fused-ring (bicyclic) bond motifs is 1. The van der Waals surface area contributed by atoms with Gasteiger partial charge in [-0.15, -0.1) is 0 Å². The minimum Gasteiger partial charge on any atom is -0.358 e. The van der Waals surface area contributed by atoms with Crippen molar-refractivity contribution < 1.29 is 9.59 Å². The van der Waals surface area contributed by atoms with Gasteiger partial charge in [-0.25, -0.2) is 0 Å². The SMILES string of the molecule is CCCCNC(=O)C1(NC(=O)Cc2c(C)[nH]c3ccccc23)CCCCC1. The molecule has 0 radical (unpaired) electrons. The van der Waals surface area contributed by atoms with Crippen molar-refractivity contribution in [2.45, 2.75) is 70.8 Å². The quantitative estimate of drug-likeness (QED) is 0.650. The van der Waals surface area contributed by atoms with Crippen LogP contribution in [0, 0.1) is 6.92 Å². The van der Waals surface area contributed by atoms with Crippen LogP contribution in [0.4, 0.5) is 0 Å². The average molecular weight is 370 g/mol. The Kier molecular flexibility index (Phi) is 6.19. The second kappa shape index (κ2) is 8.59. The van der Waals surface area contributed by atoms with E-state index in [-0.39, 0.29) is 11.8 Å². The predicted molar refractivity (Wildman–Crippen MR) is 109 cm³/mol. The standard InChI is InChI=1S/C22H31N3O2/c1-3-4-14-23-21(27)22(12-8-5-9-13-22)25-20(26)15-18-16(2)24-19-11-7-6-10-17(18)19/h6-7,10-11,24H,3-5,8-9,12-15H2,1-2H3,(H,23,27)(H,25,26). The Morgan fingerprint density at radius 1 is 1.15 bits per heavy atom. The smallest absolute Gasteiger partial charge is 0.245 e. The molecule has 5 heteroatoms. The third-order valence-corrected chi connectivity index (χ3v) is 5.70. The lowest BCUT2D eigenvalue weighted by molar-refractivity contribution is -0.134. The van der Waals surface area contributed by atoms with Gasteiger partial charge in [0.1, 0.15) is 5.54 Å². The largest absolute Gasteiger partial charge is 0.358 e.